The van der Waals surface area contributed by atoms with Crippen LogP contribution in [0.4, 0.5) is 5.69 Å². The fraction of sp³-hybridized carbons (Fsp3) is 0.250. The average molecular weight is 496 g/mol. The number of Topliss-reactive ketones (excluding diaryl/α,β-unsaturated/α-hetero) is 1. The number of anilines is 1. The molecule has 0 saturated carbocycles. The maximum atomic E-state index is 13.1. The van der Waals surface area contributed by atoms with E-state index in [2.05, 4.69) is 47.8 Å². The lowest BCUT2D eigenvalue weighted by Crippen LogP contribution is -2.16. The number of aryl methyl sites for hydroxylation is 2. The first-order valence-corrected chi connectivity index (χ1v) is 12.6. The Balaban J connectivity index is 1.44. The summed E-state index contributed by atoms with van der Waals surface area (Å²) in [6, 6.07) is 27.6. The highest BCUT2D eigenvalue weighted by molar-refractivity contribution is 5.90. The molecule has 0 aliphatic heterocycles. The molecule has 0 fully saturated rings. The molecule has 0 spiro atoms. The molecule has 5 heteroatoms. The maximum Gasteiger partial charge on any atom is 0.338 e. The van der Waals surface area contributed by atoms with E-state index in [9.17, 15) is 9.59 Å². The normalized spacial score (nSPS) is 11.6. The van der Waals surface area contributed by atoms with Crippen LogP contribution in [0.1, 0.15) is 52.9 Å². The van der Waals surface area contributed by atoms with Gasteiger partial charge < -0.3 is 14.8 Å². The topological polar surface area (TPSA) is 64.6 Å². The molecule has 1 atom stereocenters. The average Bonchev–Trinajstić information content (AvgIpc) is 2.92. The lowest BCUT2D eigenvalue weighted by atomic mass is 9.96. The number of carbonyl (C=O) groups excluding carboxylic acids is 2. The van der Waals surface area contributed by atoms with E-state index in [0.29, 0.717) is 31.4 Å². The third kappa shape index (κ3) is 6.98. The number of hydrogen-bond acceptors (Lipinski definition) is 5. The number of nitrogens with one attached hydrogen (secondary N) is 1. The van der Waals surface area contributed by atoms with Crippen LogP contribution in [0, 0.1) is 6.92 Å². The van der Waals surface area contributed by atoms with Gasteiger partial charge in [-0.05, 0) is 78.6 Å². The van der Waals surface area contributed by atoms with Crippen molar-refractivity contribution in [2.45, 2.75) is 39.2 Å². The third-order valence-corrected chi connectivity index (χ3v) is 6.45. The van der Waals surface area contributed by atoms with Crippen molar-refractivity contribution in [3.05, 3.63) is 107 Å². The first-order valence-electron chi connectivity index (χ1n) is 12.6. The minimum atomic E-state index is -0.341. The highest BCUT2D eigenvalue weighted by Crippen LogP contribution is 2.26. The number of carbonyl (C=O) groups is 2. The summed E-state index contributed by atoms with van der Waals surface area (Å²) in [7, 11) is 1.67. The van der Waals surface area contributed by atoms with Crippen LogP contribution in [-0.4, -0.2) is 25.5 Å². The first-order chi connectivity index (χ1) is 17.9. The molecule has 4 aromatic carbocycles. The number of rotatable bonds is 11. The predicted molar refractivity (Wildman–Crippen MR) is 148 cm³/mol. The van der Waals surface area contributed by atoms with E-state index in [1.165, 1.54) is 5.56 Å². The lowest BCUT2D eigenvalue weighted by molar-refractivity contribution is -0.119. The Bertz CT molecular complexity index is 1360. The van der Waals surface area contributed by atoms with Gasteiger partial charge in [-0.25, -0.2) is 4.79 Å². The molecule has 37 heavy (non-hydrogen) atoms. The van der Waals surface area contributed by atoms with E-state index in [4.69, 9.17) is 9.47 Å². The lowest BCUT2D eigenvalue weighted by Gasteiger charge is -2.20. The second-order valence-electron chi connectivity index (χ2n) is 9.20. The monoisotopic (exact) mass is 495 g/mol. The molecule has 0 amide bonds. The molecular weight excluding hydrogens is 462 g/mol. The molecule has 190 valence electrons. The molecule has 5 nitrogen and oxygen atoms in total. The van der Waals surface area contributed by atoms with E-state index in [1.807, 2.05) is 37.3 Å². The Morgan fingerprint density at radius 1 is 0.865 bits per heavy atom. The van der Waals surface area contributed by atoms with Crippen LogP contribution in [0.3, 0.4) is 0 Å². The summed E-state index contributed by atoms with van der Waals surface area (Å²) in [5.74, 6) is 0.684. The summed E-state index contributed by atoms with van der Waals surface area (Å²) >= 11 is 0. The maximum absolute atomic E-state index is 13.1. The van der Waals surface area contributed by atoms with Gasteiger partial charge in [0.15, 0.2) is 0 Å². The van der Waals surface area contributed by atoms with Crippen molar-refractivity contribution in [2.75, 3.05) is 19.0 Å². The van der Waals surface area contributed by atoms with E-state index >= 15 is 0 Å². The number of hydrogen-bond donors (Lipinski definition) is 1. The van der Waals surface area contributed by atoms with Crippen LogP contribution >= 0.6 is 0 Å². The SMILES string of the molecule is CCOC(=O)c1ccc(NC(CC(=O)CCc2ccc3cc(OC)ccc3c2)c2ccc(C)cc2)cc1. The standard InChI is InChI=1S/C32H33NO4/c1-4-37-32(35)25-12-15-28(16-13-25)33-31(24-9-5-22(2)6-10-24)21-29(34)17-8-23-7-11-27-20-30(36-3)18-14-26(27)19-23/h5-7,9-16,18-20,31,33H,4,8,17,21H2,1-3H3. The molecular formula is C32H33NO4. The van der Waals surface area contributed by atoms with Crippen molar-refractivity contribution in [3.8, 4) is 5.75 Å². The van der Waals surface area contributed by atoms with Gasteiger partial charge in [-0.1, -0.05) is 54.1 Å². The van der Waals surface area contributed by atoms with Gasteiger partial charge in [0.1, 0.15) is 11.5 Å². The second kappa shape index (κ2) is 12.2. The number of ether oxygens (including phenoxy) is 2. The molecule has 0 aromatic heterocycles. The van der Waals surface area contributed by atoms with Crippen molar-refractivity contribution < 1.29 is 19.1 Å². The van der Waals surface area contributed by atoms with Crippen LogP contribution in [-0.2, 0) is 16.0 Å². The molecule has 0 saturated heterocycles. The van der Waals surface area contributed by atoms with Crippen molar-refractivity contribution in [3.63, 3.8) is 0 Å². The van der Waals surface area contributed by atoms with Crippen LogP contribution in [0.5, 0.6) is 5.75 Å². The van der Waals surface area contributed by atoms with Gasteiger partial charge in [0.25, 0.3) is 0 Å². The summed E-state index contributed by atoms with van der Waals surface area (Å²) in [4.78, 5) is 25.1. The van der Waals surface area contributed by atoms with Crippen LogP contribution < -0.4 is 10.1 Å². The van der Waals surface area contributed by atoms with Gasteiger partial charge in [-0.2, -0.15) is 0 Å². The zero-order chi connectivity index (χ0) is 26.2. The number of benzene rings is 4. The Hall–Kier alpha value is -4.12. The van der Waals surface area contributed by atoms with E-state index in [1.54, 1.807) is 26.2 Å². The second-order valence-corrected chi connectivity index (χ2v) is 9.20. The fourth-order valence-corrected chi connectivity index (χ4v) is 4.34. The molecule has 0 radical (unpaired) electrons. The van der Waals surface area contributed by atoms with Gasteiger partial charge in [0, 0.05) is 18.5 Å². The van der Waals surface area contributed by atoms with Gasteiger partial charge in [-0.3, -0.25) is 4.79 Å². The Morgan fingerprint density at radius 2 is 1.57 bits per heavy atom. The van der Waals surface area contributed by atoms with Crippen LogP contribution in [0.15, 0.2) is 84.9 Å². The van der Waals surface area contributed by atoms with E-state index < -0.39 is 0 Å². The molecule has 0 bridgehead atoms. The largest absolute Gasteiger partial charge is 0.497 e. The van der Waals surface area contributed by atoms with Gasteiger partial charge in [-0.15, -0.1) is 0 Å². The van der Waals surface area contributed by atoms with Crippen molar-refractivity contribution in [2.24, 2.45) is 0 Å². The first kappa shape index (κ1) is 26.0. The smallest absolute Gasteiger partial charge is 0.338 e. The number of esters is 1. The van der Waals surface area contributed by atoms with Crippen molar-refractivity contribution >= 4 is 28.2 Å². The molecule has 0 aliphatic carbocycles. The summed E-state index contributed by atoms with van der Waals surface area (Å²) < 4.78 is 10.4. The van der Waals surface area contributed by atoms with Crippen LogP contribution in [0.2, 0.25) is 0 Å². The van der Waals surface area contributed by atoms with Crippen molar-refractivity contribution in [1.29, 1.82) is 0 Å². The van der Waals surface area contributed by atoms with E-state index in [0.717, 1.165) is 33.3 Å². The summed E-state index contributed by atoms with van der Waals surface area (Å²) in [6.07, 6.45) is 1.52. The zero-order valence-corrected chi connectivity index (χ0v) is 21.6. The van der Waals surface area contributed by atoms with E-state index in [-0.39, 0.29) is 17.8 Å². The minimum Gasteiger partial charge on any atom is -0.497 e. The number of ketones is 1. The summed E-state index contributed by atoms with van der Waals surface area (Å²) in [6.45, 7) is 4.17. The number of fused-ring (bicyclic) bond motifs is 1. The molecule has 1 N–H and O–H groups in total. The van der Waals surface area contributed by atoms with Gasteiger partial charge >= 0.3 is 5.97 Å². The molecule has 0 aliphatic rings. The fourth-order valence-electron chi connectivity index (χ4n) is 4.34. The van der Waals surface area contributed by atoms with Gasteiger partial charge in [0.05, 0.1) is 25.3 Å². The molecule has 4 rings (SSSR count). The molecule has 1 unspecified atom stereocenters. The number of methoxy groups -OCH3 is 1. The zero-order valence-electron chi connectivity index (χ0n) is 21.6. The summed E-state index contributed by atoms with van der Waals surface area (Å²) in [5.41, 5.74) is 4.70. The molecule has 0 heterocycles. The molecule has 4 aromatic rings. The highest BCUT2D eigenvalue weighted by Gasteiger charge is 2.17. The third-order valence-electron chi connectivity index (χ3n) is 6.45. The van der Waals surface area contributed by atoms with Crippen molar-refractivity contribution in [1.82, 2.24) is 0 Å². The Labute approximate surface area is 218 Å². The quantitative estimate of drug-likeness (QED) is 0.225. The Morgan fingerprint density at radius 3 is 2.27 bits per heavy atom. The summed E-state index contributed by atoms with van der Waals surface area (Å²) in [5, 5.41) is 5.75. The highest BCUT2D eigenvalue weighted by atomic mass is 16.5. The van der Waals surface area contributed by atoms with Crippen LogP contribution in [0.25, 0.3) is 10.8 Å². The minimum absolute atomic E-state index is 0.175. The predicted octanol–water partition coefficient (Wildman–Crippen LogP) is 7.08. The van der Waals surface area contributed by atoms with Gasteiger partial charge in [0.2, 0.25) is 0 Å². The Kier molecular flexibility index (Phi) is 8.57.